The minimum Gasteiger partial charge on any atom is -0.478 e. The molecule has 4 aromatic rings. The minimum atomic E-state index is -4.30. The van der Waals surface area contributed by atoms with Crippen molar-refractivity contribution in [2.75, 3.05) is 0 Å². The van der Waals surface area contributed by atoms with Crippen molar-refractivity contribution < 1.29 is 27.3 Å². The van der Waals surface area contributed by atoms with Gasteiger partial charge < -0.3 is 5.11 Å². The monoisotopic (exact) mass is 558 g/mol. The molecule has 0 bridgehead atoms. The number of halogens is 2. The number of sulfonamides is 1. The molecule has 0 unspecified atom stereocenters. The van der Waals surface area contributed by atoms with Crippen LogP contribution in [0.2, 0.25) is 5.02 Å². The third-order valence-electron chi connectivity index (χ3n) is 4.94. The van der Waals surface area contributed by atoms with Crippen LogP contribution in [0, 0.1) is 5.82 Å². The number of aromatic carboxylic acids is 1. The summed E-state index contributed by atoms with van der Waals surface area (Å²) in [5.41, 5.74) is 0.414. The minimum absolute atomic E-state index is 0.396. The van der Waals surface area contributed by atoms with Crippen LogP contribution in [0.5, 0.6) is 0 Å². The smallest absolute Gasteiger partial charge is 0.337 e. The van der Waals surface area contributed by atoms with Crippen LogP contribution in [-0.2, 0) is 14.6 Å². The van der Waals surface area contributed by atoms with Gasteiger partial charge in [0.05, 0.1) is 10.6 Å². The number of hydrogen-bond acceptors (Lipinski definition) is 4. The number of nitrogens with two attached hydrogens (primary N) is 1. The second-order valence-electron chi connectivity index (χ2n) is 7.52. The standard InChI is InChI=1S/C19H16NOP.C7H5ClFNO4S/c21-22(18-12-6-2-7-13-18,19-14-8-3-9-15-19)20-16-17-10-4-1-5-11-17;8-4-2-5(9)6(15(10,13)14)1-3(4)7(11)12/h1-16H;1-2H,(H,11,12)(H2,10,13,14). The summed E-state index contributed by atoms with van der Waals surface area (Å²) in [6, 6.07) is 29.8. The Bertz CT molecular complexity index is 1530. The zero-order valence-electron chi connectivity index (χ0n) is 19.1. The molecule has 0 spiro atoms. The molecule has 0 saturated heterocycles. The maximum absolute atomic E-state index is 13.6. The van der Waals surface area contributed by atoms with Gasteiger partial charge in [-0.1, -0.05) is 78.3 Å². The van der Waals surface area contributed by atoms with E-state index in [4.69, 9.17) is 16.7 Å². The summed E-state index contributed by atoms with van der Waals surface area (Å²) >= 11 is 5.39. The Morgan fingerprint density at radius 1 is 0.892 bits per heavy atom. The molecule has 0 saturated carbocycles. The molecule has 0 fully saturated rings. The van der Waals surface area contributed by atoms with Crippen molar-refractivity contribution in [2.45, 2.75) is 4.90 Å². The number of benzene rings is 4. The van der Waals surface area contributed by atoms with Gasteiger partial charge >= 0.3 is 5.97 Å². The lowest BCUT2D eigenvalue weighted by atomic mass is 10.2. The highest BCUT2D eigenvalue weighted by Crippen LogP contribution is 2.44. The van der Waals surface area contributed by atoms with Crippen LogP contribution in [0.3, 0.4) is 0 Å². The molecule has 0 radical (unpaired) electrons. The van der Waals surface area contributed by atoms with E-state index >= 15 is 0 Å². The zero-order chi connectivity index (χ0) is 27.1. The molecule has 0 atom stereocenters. The fourth-order valence-electron chi connectivity index (χ4n) is 3.14. The van der Waals surface area contributed by atoms with Gasteiger partial charge in [-0.25, -0.2) is 27.5 Å². The van der Waals surface area contributed by atoms with Crippen molar-refractivity contribution in [3.8, 4) is 0 Å². The van der Waals surface area contributed by atoms with Crippen molar-refractivity contribution in [3.63, 3.8) is 0 Å². The highest BCUT2D eigenvalue weighted by atomic mass is 35.5. The van der Waals surface area contributed by atoms with E-state index in [1.807, 2.05) is 91.0 Å². The van der Waals surface area contributed by atoms with Gasteiger partial charge in [0.2, 0.25) is 17.3 Å². The maximum atomic E-state index is 13.6. The second-order valence-corrected chi connectivity index (χ2v) is 11.9. The predicted octanol–water partition coefficient (Wildman–Crippen LogP) is 4.86. The Morgan fingerprint density at radius 2 is 1.35 bits per heavy atom. The number of primary sulfonamides is 1. The quantitative estimate of drug-likeness (QED) is 0.258. The molecule has 37 heavy (non-hydrogen) atoms. The number of hydrogen-bond donors (Lipinski definition) is 2. The van der Waals surface area contributed by atoms with Crippen LogP contribution in [0.25, 0.3) is 0 Å². The Balaban J connectivity index is 0.000000222. The number of carbonyl (C=O) groups is 1. The van der Waals surface area contributed by atoms with E-state index in [2.05, 4.69) is 9.90 Å². The average Bonchev–Trinajstić information content (AvgIpc) is 2.88. The van der Waals surface area contributed by atoms with Crippen molar-refractivity contribution in [3.05, 3.63) is 125 Å². The first-order chi connectivity index (χ1) is 17.5. The molecule has 0 heterocycles. The molecule has 4 rings (SSSR count). The van der Waals surface area contributed by atoms with Crippen LogP contribution in [0.4, 0.5) is 4.39 Å². The van der Waals surface area contributed by atoms with E-state index in [1.165, 1.54) is 0 Å². The molecule has 190 valence electrons. The number of rotatable bonds is 6. The van der Waals surface area contributed by atoms with Gasteiger partial charge in [-0.3, -0.25) is 4.57 Å². The summed E-state index contributed by atoms with van der Waals surface area (Å²) < 4.78 is 52.8. The normalized spacial score (nSPS) is 11.5. The topological polar surface area (TPSA) is 127 Å². The number of nitrogens with zero attached hydrogens (tertiary/aromatic N) is 1. The third kappa shape index (κ3) is 7.21. The molecule has 0 amide bonds. The maximum Gasteiger partial charge on any atom is 0.337 e. The van der Waals surface area contributed by atoms with E-state index in [-0.39, 0.29) is 0 Å². The highest BCUT2D eigenvalue weighted by molar-refractivity contribution is 7.89. The summed E-state index contributed by atoms with van der Waals surface area (Å²) in [5.74, 6) is -2.66. The van der Waals surface area contributed by atoms with E-state index in [0.717, 1.165) is 16.2 Å². The van der Waals surface area contributed by atoms with Crippen LogP contribution in [-0.4, -0.2) is 25.7 Å². The fourth-order valence-corrected chi connectivity index (χ4v) is 6.00. The van der Waals surface area contributed by atoms with Gasteiger partial charge in [-0.15, -0.1) is 0 Å². The zero-order valence-corrected chi connectivity index (χ0v) is 21.6. The van der Waals surface area contributed by atoms with E-state index in [0.29, 0.717) is 12.1 Å². The van der Waals surface area contributed by atoms with E-state index in [9.17, 15) is 22.2 Å². The van der Waals surface area contributed by atoms with E-state index < -0.39 is 44.6 Å². The summed E-state index contributed by atoms with van der Waals surface area (Å²) in [6.07, 6.45) is 1.70. The first-order valence-electron chi connectivity index (χ1n) is 10.6. The molecule has 0 aliphatic carbocycles. The molecule has 4 aromatic carbocycles. The van der Waals surface area contributed by atoms with Gasteiger partial charge in [-0.05, 0) is 42.0 Å². The summed E-state index contributed by atoms with van der Waals surface area (Å²) in [7, 11) is -7.32. The van der Waals surface area contributed by atoms with Crippen molar-refractivity contribution in [1.82, 2.24) is 0 Å². The van der Waals surface area contributed by atoms with Crippen LogP contribution in [0.1, 0.15) is 15.9 Å². The average molecular weight is 559 g/mol. The lowest BCUT2D eigenvalue weighted by molar-refractivity contribution is 0.0696. The second kappa shape index (κ2) is 12.1. The van der Waals surface area contributed by atoms with E-state index in [1.54, 1.807) is 6.21 Å². The highest BCUT2D eigenvalue weighted by Gasteiger charge is 2.25. The molecule has 0 aliphatic rings. The summed E-state index contributed by atoms with van der Waals surface area (Å²) in [5, 5.41) is 14.4. The molecule has 0 aliphatic heterocycles. The summed E-state index contributed by atoms with van der Waals surface area (Å²) in [6.45, 7) is 0. The van der Waals surface area contributed by atoms with Crippen molar-refractivity contribution in [1.29, 1.82) is 0 Å². The molecular weight excluding hydrogens is 538 g/mol. The van der Waals surface area contributed by atoms with Crippen LogP contribution < -0.4 is 15.7 Å². The predicted molar refractivity (Wildman–Crippen MR) is 144 cm³/mol. The third-order valence-corrected chi connectivity index (χ3v) is 8.62. The SMILES string of the molecule is NS(=O)(=O)c1cc(C(=O)O)c(Cl)cc1F.O=P(N=Cc1ccccc1)(c1ccccc1)c1ccccc1. The molecule has 0 aromatic heterocycles. The van der Waals surface area contributed by atoms with Crippen molar-refractivity contribution in [2.24, 2.45) is 9.90 Å². The van der Waals surface area contributed by atoms with Gasteiger partial charge in [-0.2, -0.15) is 0 Å². The fraction of sp³-hybridized carbons (Fsp3) is 0. The Kier molecular flexibility index (Phi) is 9.13. The molecular formula is C26H21ClFN2O5PS. The van der Waals surface area contributed by atoms with Gasteiger partial charge in [0.25, 0.3) is 0 Å². The van der Waals surface area contributed by atoms with Gasteiger partial charge in [0.1, 0.15) is 10.7 Å². The Hall–Kier alpha value is -3.62. The lowest BCUT2D eigenvalue weighted by Gasteiger charge is -2.14. The molecule has 11 heteroatoms. The molecule has 7 nitrogen and oxygen atoms in total. The van der Waals surface area contributed by atoms with Crippen LogP contribution >= 0.6 is 18.9 Å². The number of carboxylic acids is 1. The van der Waals surface area contributed by atoms with Gasteiger partial charge in [0.15, 0.2) is 0 Å². The Morgan fingerprint density at radius 3 is 1.78 bits per heavy atom. The van der Waals surface area contributed by atoms with Gasteiger partial charge in [0, 0.05) is 16.8 Å². The largest absolute Gasteiger partial charge is 0.478 e. The molecule has 3 N–H and O–H groups in total. The van der Waals surface area contributed by atoms with Crippen LogP contribution in [0.15, 0.2) is 113 Å². The summed E-state index contributed by atoms with van der Waals surface area (Å²) in [4.78, 5) is 9.67. The van der Waals surface area contributed by atoms with Crippen molar-refractivity contribution >= 4 is 51.7 Å². The lowest BCUT2D eigenvalue weighted by Crippen LogP contribution is -2.15. The Labute approximate surface area is 218 Å². The first-order valence-corrected chi connectivity index (χ1v) is 14.2. The first kappa shape index (κ1) is 28.0. The number of carboxylic acid groups (broad SMARTS) is 1.